The van der Waals surface area contributed by atoms with Gasteiger partial charge in [0.2, 0.25) is 0 Å². The Bertz CT molecular complexity index is 596. The molecule has 0 aliphatic rings. The Kier molecular flexibility index (Phi) is 19.1. The first-order valence-corrected chi connectivity index (χ1v) is 14.2. The average Bonchev–Trinajstić information content (AvgIpc) is 2.72. The maximum atomic E-state index is 12.4. The van der Waals surface area contributed by atoms with Crippen LogP contribution < -0.4 is 0 Å². The van der Waals surface area contributed by atoms with Gasteiger partial charge in [0, 0.05) is 25.7 Å². The zero-order valence-corrected chi connectivity index (χ0v) is 22.8. The summed E-state index contributed by atoms with van der Waals surface area (Å²) in [5, 5.41) is 8.92. The van der Waals surface area contributed by atoms with E-state index < -0.39 is 23.5 Å². The number of ketones is 2. The lowest BCUT2D eigenvalue weighted by Gasteiger charge is -2.23. The number of carboxylic acids is 1. The van der Waals surface area contributed by atoms with Crippen molar-refractivity contribution in [3.63, 3.8) is 0 Å². The number of carboxylic acid groups (broad SMARTS) is 1. The Balaban J connectivity index is 3.79. The molecule has 0 saturated heterocycles. The molecule has 1 atom stereocenters. The normalized spacial score (nSPS) is 12.4. The molecule has 198 valence electrons. The summed E-state index contributed by atoms with van der Waals surface area (Å²) in [6.45, 7) is 6.95. The van der Waals surface area contributed by atoms with Gasteiger partial charge >= 0.3 is 11.9 Å². The SMILES string of the molecule is CC(=O)CCCCCCCSCCCCCCCC(=O)CC(CCC(=O)O)C(=O)OC(C)(C)C. The van der Waals surface area contributed by atoms with E-state index in [0.717, 1.165) is 38.5 Å². The molecule has 0 rings (SSSR count). The molecular weight excluding hydrogens is 452 g/mol. The molecule has 0 aromatic rings. The summed E-state index contributed by atoms with van der Waals surface area (Å²) < 4.78 is 5.37. The Morgan fingerprint density at radius 2 is 1.26 bits per heavy atom. The number of ether oxygens (including phenoxy) is 1. The smallest absolute Gasteiger partial charge is 0.309 e. The molecule has 0 aliphatic carbocycles. The fraction of sp³-hybridized carbons (Fsp3) is 0.852. The summed E-state index contributed by atoms with van der Waals surface area (Å²) in [7, 11) is 0. The monoisotopic (exact) mass is 500 g/mol. The molecule has 0 saturated carbocycles. The Hall–Kier alpha value is -1.37. The molecule has 0 aromatic carbocycles. The van der Waals surface area contributed by atoms with Gasteiger partial charge in [-0.05, 0) is 71.3 Å². The molecule has 6 nitrogen and oxygen atoms in total. The summed E-state index contributed by atoms with van der Waals surface area (Å²) in [4.78, 5) is 46.5. The molecule has 0 aromatic heterocycles. The second-order valence-electron chi connectivity index (χ2n) is 10.3. The summed E-state index contributed by atoms with van der Waals surface area (Å²) in [6, 6.07) is 0. The number of hydrogen-bond acceptors (Lipinski definition) is 6. The van der Waals surface area contributed by atoms with Crippen LogP contribution in [0.4, 0.5) is 0 Å². The first-order chi connectivity index (χ1) is 16.0. The lowest BCUT2D eigenvalue weighted by atomic mass is 9.94. The number of rotatable bonds is 22. The summed E-state index contributed by atoms with van der Waals surface area (Å²) in [5.41, 5.74) is -0.656. The highest BCUT2D eigenvalue weighted by molar-refractivity contribution is 7.99. The van der Waals surface area contributed by atoms with Crippen molar-refractivity contribution >= 4 is 35.3 Å². The minimum Gasteiger partial charge on any atom is -0.481 e. The van der Waals surface area contributed by atoms with Gasteiger partial charge in [0.05, 0.1) is 5.92 Å². The van der Waals surface area contributed by atoms with E-state index in [2.05, 4.69) is 0 Å². The first-order valence-electron chi connectivity index (χ1n) is 13.0. The number of carbonyl (C=O) groups excluding carboxylic acids is 3. The van der Waals surface area contributed by atoms with E-state index in [0.29, 0.717) is 12.2 Å². The maximum Gasteiger partial charge on any atom is 0.309 e. The first kappa shape index (κ1) is 32.6. The minimum absolute atomic E-state index is 0.0121. The molecule has 0 heterocycles. The summed E-state index contributed by atoms with van der Waals surface area (Å²) in [5.74, 6) is 0.570. The van der Waals surface area contributed by atoms with Gasteiger partial charge in [0.25, 0.3) is 0 Å². The van der Waals surface area contributed by atoms with Gasteiger partial charge in [-0.3, -0.25) is 14.4 Å². The molecule has 1 N–H and O–H groups in total. The van der Waals surface area contributed by atoms with Crippen LogP contribution in [0.5, 0.6) is 0 Å². The van der Waals surface area contributed by atoms with E-state index >= 15 is 0 Å². The van der Waals surface area contributed by atoms with Crippen LogP contribution in [0.1, 0.15) is 124 Å². The highest BCUT2D eigenvalue weighted by Gasteiger charge is 2.27. The van der Waals surface area contributed by atoms with E-state index in [9.17, 15) is 19.2 Å². The lowest BCUT2D eigenvalue weighted by Crippen LogP contribution is -2.30. The Morgan fingerprint density at radius 3 is 1.76 bits per heavy atom. The highest BCUT2D eigenvalue weighted by Crippen LogP contribution is 2.20. The van der Waals surface area contributed by atoms with Crippen molar-refractivity contribution < 1.29 is 29.0 Å². The van der Waals surface area contributed by atoms with E-state index in [1.807, 2.05) is 11.8 Å². The molecule has 0 amide bonds. The van der Waals surface area contributed by atoms with Crippen LogP contribution in [-0.4, -0.2) is 45.7 Å². The minimum atomic E-state index is -0.972. The largest absolute Gasteiger partial charge is 0.481 e. The molecule has 0 fully saturated rings. The second kappa shape index (κ2) is 19.9. The third-order valence-electron chi connectivity index (χ3n) is 5.48. The quantitative estimate of drug-likeness (QED) is 0.129. The number of carbonyl (C=O) groups is 4. The zero-order valence-electron chi connectivity index (χ0n) is 22.0. The predicted molar refractivity (Wildman–Crippen MR) is 139 cm³/mol. The third kappa shape index (κ3) is 22.4. The molecule has 34 heavy (non-hydrogen) atoms. The van der Waals surface area contributed by atoms with Crippen molar-refractivity contribution in [2.45, 2.75) is 130 Å². The van der Waals surface area contributed by atoms with Crippen LogP contribution in [0.15, 0.2) is 0 Å². The predicted octanol–water partition coefficient (Wildman–Crippen LogP) is 6.77. The third-order valence-corrected chi connectivity index (χ3v) is 6.64. The van der Waals surface area contributed by atoms with Crippen LogP contribution >= 0.6 is 11.8 Å². The number of hydrogen-bond donors (Lipinski definition) is 1. The van der Waals surface area contributed by atoms with Crippen LogP contribution in [-0.2, 0) is 23.9 Å². The standard InChI is InChI=1S/C27H48O6S/c1-22(28)15-11-7-5-9-13-19-34-20-14-10-6-8-12-16-24(29)21-23(17-18-25(30)31)26(32)33-27(2,3)4/h23H,5-21H2,1-4H3,(H,30,31). The molecular formula is C27H48O6S. The number of Topliss-reactive ketones (excluding diaryl/α,β-unsaturated/α-hetero) is 2. The summed E-state index contributed by atoms with van der Waals surface area (Å²) >= 11 is 2.02. The van der Waals surface area contributed by atoms with Gasteiger partial charge in [-0.25, -0.2) is 0 Å². The summed E-state index contributed by atoms with van der Waals surface area (Å²) in [6.07, 6.45) is 12.4. The fourth-order valence-corrected chi connectivity index (χ4v) is 4.65. The number of aliphatic carboxylic acids is 1. The molecule has 0 spiro atoms. The van der Waals surface area contributed by atoms with Crippen molar-refractivity contribution in [2.24, 2.45) is 5.92 Å². The van der Waals surface area contributed by atoms with E-state index in [1.165, 1.54) is 43.6 Å². The van der Waals surface area contributed by atoms with E-state index in [4.69, 9.17) is 9.84 Å². The van der Waals surface area contributed by atoms with Gasteiger partial charge < -0.3 is 14.6 Å². The van der Waals surface area contributed by atoms with Gasteiger partial charge in [-0.1, -0.05) is 38.5 Å². The Labute approximate surface area is 211 Å². The molecule has 0 bridgehead atoms. The van der Waals surface area contributed by atoms with Crippen molar-refractivity contribution in [3.8, 4) is 0 Å². The van der Waals surface area contributed by atoms with Crippen molar-refractivity contribution in [2.75, 3.05) is 11.5 Å². The van der Waals surface area contributed by atoms with Crippen LogP contribution in [0.2, 0.25) is 0 Å². The van der Waals surface area contributed by atoms with Crippen molar-refractivity contribution in [3.05, 3.63) is 0 Å². The van der Waals surface area contributed by atoms with Gasteiger partial charge in [-0.15, -0.1) is 0 Å². The van der Waals surface area contributed by atoms with E-state index in [1.54, 1.807) is 27.7 Å². The van der Waals surface area contributed by atoms with Gasteiger partial charge in [0.1, 0.15) is 17.2 Å². The molecule has 1 unspecified atom stereocenters. The number of thioether (sulfide) groups is 1. The van der Waals surface area contributed by atoms with Gasteiger partial charge in [0.15, 0.2) is 0 Å². The number of unbranched alkanes of at least 4 members (excludes halogenated alkanes) is 8. The average molecular weight is 501 g/mol. The molecule has 0 aliphatic heterocycles. The maximum absolute atomic E-state index is 12.4. The number of esters is 1. The van der Waals surface area contributed by atoms with Gasteiger partial charge in [-0.2, -0.15) is 11.8 Å². The van der Waals surface area contributed by atoms with Crippen molar-refractivity contribution in [1.82, 2.24) is 0 Å². The Morgan fingerprint density at radius 1 is 0.765 bits per heavy atom. The van der Waals surface area contributed by atoms with E-state index in [-0.39, 0.29) is 25.0 Å². The molecule has 7 heteroatoms. The lowest BCUT2D eigenvalue weighted by molar-refractivity contribution is -0.161. The highest BCUT2D eigenvalue weighted by atomic mass is 32.2. The van der Waals surface area contributed by atoms with Crippen molar-refractivity contribution in [1.29, 1.82) is 0 Å². The topological polar surface area (TPSA) is 97.7 Å². The zero-order chi connectivity index (χ0) is 25.8. The fourth-order valence-electron chi connectivity index (χ4n) is 3.63. The second-order valence-corrected chi connectivity index (χ2v) is 11.5. The van der Waals surface area contributed by atoms with Crippen LogP contribution in [0.3, 0.4) is 0 Å². The van der Waals surface area contributed by atoms with Crippen LogP contribution in [0, 0.1) is 5.92 Å². The molecule has 0 radical (unpaired) electrons. The van der Waals surface area contributed by atoms with Crippen LogP contribution in [0.25, 0.3) is 0 Å².